The Bertz CT molecular complexity index is 1220. The normalized spacial score (nSPS) is 19.7. The lowest BCUT2D eigenvalue weighted by Crippen LogP contribution is -2.39. The van der Waals surface area contributed by atoms with Crippen LogP contribution in [-0.4, -0.2) is 27.6 Å². The van der Waals surface area contributed by atoms with Gasteiger partial charge in [-0.3, -0.25) is 19.3 Å². The first kappa shape index (κ1) is 23.4. The molecule has 0 unspecified atom stereocenters. The lowest BCUT2D eigenvalue weighted by atomic mass is 10.0. The molecule has 3 aromatic rings. The van der Waals surface area contributed by atoms with Crippen LogP contribution in [0.5, 0.6) is 5.75 Å². The Morgan fingerprint density at radius 2 is 1.76 bits per heavy atom. The topological polar surface area (TPSA) is 110 Å². The number of carboxylic acids is 1. The summed E-state index contributed by atoms with van der Waals surface area (Å²) in [5, 5.41) is 8.93. The number of hydrogen-bond acceptors (Lipinski definition) is 5. The van der Waals surface area contributed by atoms with E-state index in [1.807, 2.05) is 54.6 Å². The molecule has 2 amide bonds. The molecule has 3 aromatic carbocycles. The zero-order valence-electron chi connectivity index (χ0n) is 18.5. The quantitative estimate of drug-likeness (QED) is 0.499. The fourth-order valence-corrected chi connectivity index (χ4v) is 5.38. The van der Waals surface area contributed by atoms with Crippen LogP contribution < -0.4 is 15.4 Å². The molecule has 34 heavy (non-hydrogen) atoms. The molecule has 8 heteroatoms. The zero-order chi connectivity index (χ0) is 24.3. The molecule has 1 aliphatic rings. The number of carbonyl (C=O) groups is 3. The van der Waals surface area contributed by atoms with Crippen molar-refractivity contribution in [2.45, 2.75) is 30.1 Å². The van der Waals surface area contributed by atoms with Crippen LogP contribution in [0.15, 0.2) is 78.9 Å². The minimum atomic E-state index is -1.16. The number of thioether (sulfide) groups is 1. The summed E-state index contributed by atoms with van der Waals surface area (Å²) >= 11 is 1.27. The van der Waals surface area contributed by atoms with Crippen molar-refractivity contribution < 1.29 is 24.2 Å². The van der Waals surface area contributed by atoms with E-state index in [2.05, 4.69) is 0 Å². The summed E-state index contributed by atoms with van der Waals surface area (Å²) in [4.78, 5) is 38.2. The standard InChI is InChI=1S/C26H24N2O5S/c1-26(15-22(29)30)25(32)28(20-9-5-8-19(14-20)23(27)31)24(34-26)18-10-12-21(13-11-18)33-16-17-6-3-2-4-7-17/h2-14,24H,15-16H2,1H3,(H2,27,31)(H,29,30)/t24-,26+/m0/s1. The highest BCUT2D eigenvalue weighted by molar-refractivity contribution is 8.02. The lowest BCUT2D eigenvalue weighted by molar-refractivity contribution is -0.139. The molecule has 4 rings (SSSR count). The number of benzene rings is 3. The van der Waals surface area contributed by atoms with E-state index in [1.54, 1.807) is 36.1 Å². The summed E-state index contributed by atoms with van der Waals surface area (Å²) in [7, 11) is 0. The van der Waals surface area contributed by atoms with Crippen molar-refractivity contribution in [2.24, 2.45) is 5.73 Å². The molecule has 1 saturated heterocycles. The van der Waals surface area contributed by atoms with E-state index < -0.39 is 22.0 Å². The Morgan fingerprint density at radius 3 is 2.41 bits per heavy atom. The van der Waals surface area contributed by atoms with Crippen LogP contribution in [0.1, 0.15) is 40.2 Å². The monoisotopic (exact) mass is 476 g/mol. The highest BCUT2D eigenvalue weighted by Gasteiger charge is 2.51. The van der Waals surface area contributed by atoms with Gasteiger partial charge in [0.1, 0.15) is 22.5 Å². The Labute approximate surface area is 201 Å². The summed E-state index contributed by atoms with van der Waals surface area (Å²) in [6, 6.07) is 23.7. The van der Waals surface area contributed by atoms with Gasteiger partial charge in [0.15, 0.2) is 0 Å². The van der Waals surface area contributed by atoms with Crippen LogP contribution >= 0.6 is 11.8 Å². The maximum atomic E-state index is 13.5. The Hall–Kier alpha value is -3.78. The molecular formula is C26H24N2O5S. The van der Waals surface area contributed by atoms with Crippen molar-refractivity contribution in [1.29, 1.82) is 0 Å². The molecule has 3 N–H and O–H groups in total. The molecule has 0 spiro atoms. The fraction of sp³-hybridized carbons (Fsp3) is 0.192. The smallest absolute Gasteiger partial charge is 0.305 e. The van der Waals surface area contributed by atoms with Gasteiger partial charge in [-0.2, -0.15) is 0 Å². The number of aliphatic carboxylic acids is 1. The van der Waals surface area contributed by atoms with Gasteiger partial charge < -0.3 is 15.6 Å². The van der Waals surface area contributed by atoms with Gasteiger partial charge in [0.05, 0.1) is 6.42 Å². The molecule has 7 nitrogen and oxygen atoms in total. The minimum absolute atomic E-state index is 0.269. The number of carboxylic acid groups (broad SMARTS) is 1. The van der Waals surface area contributed by atoms with Crippen LogP contribution in [0.2, 0.25) is 0 Å². The minimum Gasteiger partial charge on any atom is -0.489 e. The van der Waals surface area contributed by atoms with E-state index in [4.69, 9.17) is 10.5 Å². The average molecular weight is 477 g/mol. The molecule has 0 bridgehead atoms. The largest absolute Gasteiger partial charge is 0.489 e. The number of anilines is 1. The highest BCUT2D eigenvalue weighted by Crippen LogP contribution is 2.52. The van der Waals surface area contributed by atoms with Crippen LogP contribution in [0, 0.1) is 0 Å². The number of carbonyl (C=O) groups excluding carboxylic acids is 2. The van der Waals surface area contributed by atoms with Gasteiger partial charge in [0.25, 0.3) is 0 Å². The van der Waals surface area contributed by atoms with Gasteiger partial charge in [0, 0.05) is 11.3 Å². The Morgan fingerprint density at radius 1 is 1.06 bits per heavy atom. The molecule has 0 aromatic heterocycles. The van der Waals surface area contributed by atoms with Gasteiger partial charge in [-0.15, -0.1) is 11.8 Å². The molecule has 0 radical (unpaired) electrons. The third kappa shape index (κ3) is 4.92. The van der Waals surface area contributed by atoms with E-state index in [1.165, 1.54) is 11.8 Å². The van der Waals surface area contributed by atoms with Crippen LogP contribution in [-0.2, 0) is 16.2 Å². The molecular weight excluding hydrogens is 452 g/mol. The maximum absolute atomic E-state index is 13.5. The van der Waals surface area contributed by atoms with E-state index in [0.717, 1.165) is 11.1 Å². The summed E-state index contributed by atoms with van der Waals surface area (Å²) < 4.78 is 4.70. The maximum Gasteiger partial charge on any atom is 0.305 e. The molecule has 0 saturated carbocycles. The number of ether oxygens (including phenoxy) is 1. The van der Waals surface area contributed by atoms with E-state index >= 15 is 0 Å². The predicted molar refractivity (Wildman–Crippen MR) is 131 cm³/mol. The summed E-state index contributed by atoms with van der Waals surface area (Å²) in [6.45, 7) is 2.07. The van der Waals surface area contributed by atoms with Gasteiger partial charge >= 0.3 is 5.97 Å². The zero-order valence-corrected chi connectivity index (χ0v) is 19.3. The predicted octanol–water partition coefficient (Wildman–Crippen LogP) is 4.38. The summed E-state index contributed by atoms with van der Waals surface area (Å²) in [5.74, 6) is -1.32. The number of nitrogens with zero attached hydrogens (tertiary/aromatic N) is 1. The first-order valence-electron chi connectivity index (χ1n) is 10.7. The van der Waals surface area contributed by atoms with E-state index in [-0.39, 0.29) is 17.9 Å². The van der Waals surface area contributed by atoms with Crippen molar-refractivity contribution in [3.63, 3.8) is 0 Å². The third-order valence-electron chi connectivity index (χ3n) is 5.59. The second-order valence-electron chi connectivity index (χ2n) is 8.20. The van der Waals surface area contributed by atoms with Gasteiger partial charge in [0.2, 0.25) is 11.8 Å². The molecule has 2 atom stereocenters. The first-order chi connectivity index (χ1) is 16.3. The Kier molecular flexibility index (Phi) is 6.61. The fourth-order valence-electron chi connectivity index (χ4n) is 3.87. The Balaban J connectivity index is 1.63. The van der Waals surface area contributed by atoms with Crippen LogP contribution in [0.4, 0.5) is 5.69 Å². The second kappa shape index (κ2) is 9.61. The van der Waals surface area contributed by atoms with Crippen molar-refractivity contribution in [3.8, 4) is 5.75 Å². The van der Waals surface area contributed by atoms with E-state index in [0.29, 0.717) is 18.0 Å². The molecule has 1 heterocycles. The highest BCUT2D eigenvalue weighted by atomic mass is 32.2. The van der Waals surface area contributed by atoms with Crippen molar-refractivity contribution in [3.05, 3.63) is 95.6 Å². The van der Waals surface area contributed by atoms with E-state index in [9.17, 15) is 19.5 Å². The van der Waals surface area contributed by atoms with Crippen molar-refractivity contribution in [2.75, 3.05) is 4.90 Å². The number of rotatable bonds is 8. The molecule has 1 aliphatic heterocycles. The van der Waals surface area contributed by atoms with Crippen molar-refractivity contribution in [1.82, 2.24) is 0 Å². The first-order valence-corrected chi connectivity index (χ1v) is 11.5. The lowest BCUT2D eigenvalue weighted by Gasteiger charge is -2.25. The third-order valence-corrected chi connectivity index (χ3v) is 7.13. The number of nitrogens with two attached hydrogens (primary N) is 1. The van der Waals surface area contributed by atoms with Gasteiger partial charge in [-0.1, -0.05) is 48.5 Å². The van der Waals surface area contributed by atoms with Crippen LogP contribution in [0.3, 0.4) is 0 Å². The number of amides is 2. The van der Waals surface area contributed by atoms with Gasteiger partial charge in [-0.25, -0.2) is 0 Å². The SMILES string of the molecule is C[C@]1(CC(=O)O)S[C@@H](c2ccc(OCc3ccccc3)cc2)N(c2cccc(C(N)=O)c2)C1=O. The number of hydrogen-bond donors (Lipinski definition) is 2. The summed E-state index contributed by atoms with van der Waals surface area (Å²) in [6.07, 6.45) is -0.322. The second-order valence-corrected chi connectivity index (χ2v) is 9.79. The molecule has 0 aliphatic carbocycles. The van der Waals surface area contributed by atoms with Crippen molar-refractivity contribution >= 4 is 35.2 Å². The molecule has 1 fully saturated rings. The summed E-state index contributed by atoms with van der Waals surface area (Å²) in [5.41, 5.74) is 8.04. The van der Waals surface area contributed by atoms with Gasteiger partial charge in [-0.05, 0) is 48.4 Å². The number of primary amides is 1. The molecule has 174 valence electrons. The van der Waals surface area contributed by atoms with Crippen LogP contribution in [0.25, 0.3) is 0 Å². The average Bonchev–Trinajstić information content (AvgIpc) is 3.08.